The molecule has 2 nitrogen and oxygen atoms in total. The third-order valence-corrected chi connectivity index (χ3v) is 6.93. The molecule has 32 heavy (non-hydrogen) atoms. The van der Waals surface area contributed by atoms with Crippen molar-refractivity contribution >= 4 is 0 Å². The van der Waals surface area contributed by atoms with Gasteiger partial charge in [-0.3, -0.25) is 0 Å². The normalized spacial score (nSPS) is 12.5. The maximum Gasteiger partial charge on any atom is 0.0805 e. The number of hydrogen-bond donors (Lipinski definition) is 1. The van der Waals surface area contributed by atoms with Crippen molar-refractivity contribution in [1.82, 2.24) is 0 Å². The van der Waals surface area contributed by atoms with Crippen LogP contribution < -0.4 is 0 Å². The summed E-state index contributed by atoms with van der Waals surface area (Å²) in [7, 11) is 0. The van der Waals surface area contributed by atoms with E-state index in [-0.39, 0.29) is 12.7 Å². The van der Waals surface area contributed by atoms with Crippen LogP contribution in [0.3, 0.4) is 0 Å². The van der Waals surface area contributed by atoms with Crippen LogP contribution in [-0.2, 0) is 4.74 Å². The first kappa shape index (κ1) is 31.9. The van der Waals surface area contributed by atoms with Gasteiger partial charge in [0.15, 0.2) is 0 Å². The molecule has 0 heterocycles. The van der Waals surface area contributed by atoms with E-state index in [1.165, 1.54) is 148 Å². The van der Waals surface area contributed by atoms with Gasteiger partial charge in [0, 0.05) is 6.61 Å². The summed E-state index contributed by atoms with van der Waals surface area (Å²) in [6, 6.07) is 0. The molecule has 0 rings (SSSR count). The van der Waals surface area contributed by atoms with Gasteiger partial charge in [0.05, 0.1) is 12.7 Å². The summed E-state index contributed by atoms with van der Waals surface area (Å²) >= 11 is 0. The summed E-state index contributed by atoms with van der Waals surface area (Å²) in [4.78, 5) is 0. The van der Waals surface area contributed by atoms with Gasteiger partial charge in [-0.15, -0.1) is 0 Å². The first-order chi connectivity index (χ1) is 15.8. The molecule has 194 valence electrons. The van der Waals surface area contributed by atoms with Crippen LogP contribution in [0.1, 0.15) is 174 Å². The van der Waals surface area contributed by atoms with E-state index in [9.17, 15) is 5.11 Å². The smallest absolute Gasteiger partial charge is 0.0805 e. The van der Waals surface area contributed by atoms with E-state index in [4.69, 9.17) is 4.74 Å². The minimum atomic E-state index is 0.0749. The zero-order valence-electron chi connectivity index (χ0n) is 22.5. The van der Waals surface area contributed by atoms with E-state index in [1.807, 2.05) is 0 Å². The summed E-state index contributed by atoms with van der Waals surface area (Å²) in [5.41, 5.74) is 0. The van der Waals surface area contributed by atoms with Crippen molar-refractivity contribution in [2.24, 2.45) is 0 Å². The average molecular weight is 455 g/mol. The fourth-order valence-corrected chi connectivity index (χ4v) is 4.63. The van der Waals surface area contributed by atoms with E-state index in [2.05, 4.69) is 13.8 Å². The lowest BCUT2D eigenvalue weighted by Gasteiger charge is -2.15. The molecule has 0 amide bonds. The third kappa shape index (κ3) is 26.2. The van der Waals surface area contributed by atoms with Crippen molar-refractivity contribution < 1.29 is 9.84 Å². The second-order valence-electron chi connectivity index (χ2n) is 10.2. The molecule has 0 aliphatic carbocycles. The van der Waals surface area contributed by atoms with Crippen molar-refractivity contribution in [3.63, 3.8) is 0 Å². The zero-order chi connectivity index (χ0) is 23.4. The standard InChI is InChI=1S/C30H62O2/c1-3-5-7-9-11-13-15-16-17-18-19-21-23-25-27-30(29-31)32-28-26-24-22-20-14-12-10-8-6-4-2/h30-31H,3-29H2,1-2H3. The van der Waals surface area contributed by atoms with Gasteiger partial charge in [0.25, 0.3) is 0 Å². The van der Waals surface area contributed by atoms with Crippen LogP contribution in [0.25, 0.3) is 0 Å². The van der Waals surface area contributed by atoms with E-state index in [1.54, 1.807) is 0 Å². The van der Waals surface area contributed by atoms with Gasteiger partial charge >= 0.3 is 0 Å². The van der Waals surface area contributed by atoms with Gasteiger partial charge in [0.2, 0.25) is 0 Å². The Labute approximate surface area is 203 Å². The predicted molar refractivity (Wildman–Crippen MR) is 144 cm³/mol. The molecule has 0 aromatic carbocycles. The quantitative estimate of drug-likeness (QED) is 0.119. The second-order valence-corrected chi connectivity index (χ2v) is 10.2. The van der Waals surface area contributed by atoms with E-state index < -0.39 is 0 Å². The molecule has 0 fully saturated rings. The molecule has 0 aliphatic rings. The number of aliphatic hydroxyl groups excluding tert-OH is 1. The molecule has 0 spiro atoms. The highest BCUT2D eigenvalue weighted by Crippen LogP contribution is 2.15. The molecule has 0 saturated heterocycles. The Morgan fingerprint density at radius 2 is 0.750 bits per heavy atom. The average Bonchev–Trinajstić information content (AvgIpc) is 2.81. The predicted octanol–water partition coefficient (Wildman–Crippen LogP) is 10.2. The van der Waals surface area contributed by atoms with Crippen LogP contribution in [0.15, 0.2) is 0 Å². The van der Waals surface area contributed by atoms with Crippen LogP contribution >= 0.6 is 0 Å². The van der Waals surface area contributed by atoms with Crippen molar-refractivity contribution in [2.75, 3.05) is 13.2 Å². The summed E-state index contributed by atoms with van der Waals surface area (Å²) in [6.45, 7) is 5.60. The van der Waals surface area contributed by atoms with E-state index in [0.29, 0.717) is 0 Å². The number of ether oxygens (including phenoxy) is 1. The number of hydrogen-bond acceptors (Lipinski definition) is 2. The molecule has 0 bridgehead atoms. The van der Waals surface area contributed by atoms with Crippen molar-refractivity contribution in [3.8, 4) is 0 Å². The van der Waals surface area contributed by atoms with Gasteiger partial charge < -0.3 is 9.84 Å². The molecule has 0 aromatic rings. The highest BCUT2D eigenvalue weighted by molar-refractivity contribution is 4.58. The van der Waals surface area contributed by atoms with Gasteiger partial charge in [0.1, 0.15) is 0 Å². The molecular weight excluding hydrogens is 392 g/mol. The van der Waals surface area contributed by atoms with Crippen LogP contribution in [0.4, 0.5) is 0 Å². The monoisotopic (exact) mass is 454 g/mol. The van der Waals surface area contributed by atoms with Crippen LogP contribution in [0.2, 0.25) is 0 Å². The molecule has 0 aromatic heterocycles. The maximum atomic E-state index is 9.57. The Morgan fingerprint density at radius 1 is 0.438 bits per heavy atom. The fraction of sp³-hybridized carbons (Fsp3) is 1.00. The van der Waals surface area contributed by atoms with Gasteiger partial charge in [-0.2, -0.15) is 0 Å². The maximum absolute atomic E-state index is 9.57. The molecule has 2 heteroatoms. The lowest BCUT2D eigenvalue weighted by molar-refractivity contribution is 0.00497. The first-order valence-electron chi connectivity index (χ1n) is 15.1. The van der Waals surface area contributed by atoms with Crippen molar-refractivity contribution in [3.05, 3.63) is 0 Å². The Kier molecular flexibility index (Phi) is 28.9. The summed E-state index contributed by atoms with van der Waals surface area (Å²) in [5.74, 6) is 0. The van der Waals surface area contributed by atoms with Crippen molar-refractivity contribution in [2.45, 2.75) is 180 Å². The van der Waals surface area contributed by atoms with E-state index >= 15 is 0 Å². The summed E-state index contributed by atoms with van der Waals surface area (Å²) in [6.07, 6.45) is 34.2. The van der Waals surface area contributed by atoms with E-state index in [0.717, 1.165) is 19.4 Å². The minimum absolute atomic E-state index is 0.0749. The van der Waals surface area contributed by atoms with Gasteiger partial charge in [-0.05, 0) is 12.8 Å². The number of unbranched alkanes of at least 4 members (excludes halogenated alkanes) is 22. The van der Waals surface area contributed by atoms with Crippen LogP contribution in [0, 0.1) is 0 Å². The van der Waals surface area contributed by atoms with Crippen LogP contribution in [-0.4, -0.2) is 24.4 Å². The number of aliphatic hydroxyl groups is 1. The minimum Gasteiger partial charge on any atom is -0.394 e. The highest BCUT2D eigenvalue weighted by Gasteiger charge is 2.07. The topological polar surface area (TPSA) is 29.5 Å². The van der Waals surface area contributed by atoms with Crippen molar-refractivity contribution in [1.29, 1.82) is 0 Å². The lowest BCUT2D eigenvalue weighted by atomic mass is 10.0. The molecule has 1 unspecified atom stereocenters. The molecule has 1 atom stereocenters. The fourth-order valence-electron chi connectivity index (χ4n) is 4.63. The molecule has 0 radical (unpaired) electrons. The lowest BCUT2D eigenvalue weighted by Crippen LogP contribution is -2.18. The Morgan fingerprint density at radius 3 is 1.09 bits per heavy atom. The molecule has 0 saturated carbocycles. The Balaban J connectivity index is 3.26. The molecule has 1 N–H and O–H groups in total. The summed E-state index contributed by atoms with van der Waals surface area (Å²) < 4.78 is 5.93. The Bertz CT molecular complexity index is 318. The highest BCUT2D eigenvalue weighted by atomic mass is 16.5. The van der Waals surface area contributed by atoms with Crippen LogP contribution in [0.5, 0.6) is 0 Å². The summed E-state index contributed by atoms with van der Waals surface area (Å²) in [5, 5.41) is 9.57. The van der Waals surface area contributed by atoms with Gasteiger partial charge in [-0.25, -0.2) is 0 Å². The largest absolute Gasteiger partial charge is 0.394 e. The molecular formula is C30H62O2. The zero-order valence-corrected chi connectivity index (χ0v) is 22.5. The number of rotatable bonds is 28. The first-order valence-corrected chi connectivity index (χ1v) is 15.1. The third-order valence-electron chi connectivity index (χ3n) is 6.93. The second kappa shape index (κ2) is 29.0. The molecule has 0 aliphatic heterocycles. The SMILES string of the molecule is CCCCCCCCCCCCCCCCC(CO)OCCCCCCCCCCCC. The van der Waals surface area contributed by atoms with Gasteiger partial charge in [-0.1, -0.05) is 162 Å². The Hall–Kier alpha value is -0.0800.